The van der Waals surface area contributed by atoms with Crippen LogP contribution in [0.15, 0.2) is 31.4 Å². The first-order valence-corrected chi connectivity index (χ1v) is 3.98. The smallest absolute Gasteiger partial charge is 0.246 e. The standard InChI is InChI=1S/C9H15N2O/c1-4-5-10-6-7-11(8-10)9(2)12-3/h4,6-9H,1,5H2,2-3H3/q+1/t9-/m1/s1. The van der Waals surface area contributed by atoms with Gasteiger partial charge in [0.25, 0.3) is 0 Å². The number of ether oxygens (including phenoxy) is 1. The molecule has 1 rings (SSSR count). The normalized spacial score (nSPS) is 12.8. The lowest BCUT2D eigenvalue weighted by atomic mass is 10.6. The molecule has 0 bridgehead atoms. The van der Waals surface area contributed by atoms with Gasteiger partial charge in [0.05, 0.1) is 0 Å². The van der Waals surface area contributed by atoms with Gasteiger partial charge in [0.1, 0.15) is 18.9 Å². The second-order valence-corrected chi connectivity index (χ2v) is 2.68. The largest absolute Gasteiger partial charge is 0.343 e. The summed E-state index contributed by atoms with van der Waals surface area (Å²) in [6, 6.07) is 0. The first kappa shape index (κ1) is 9.00. The Morgan fingerprint density at radius 3 is 3.08 bits per heavy atom. The third-order valence-electron chi connectivity index (χ3n) is 1.81. The van der Waals surface area contributed by atoms with Crippen LogP contribution in [0.5, 0.6) is 0 Å². The lowest BCUT2D eigenvalue weighted by molar-refractivity contribution is -0.686. The van der Waals surface area contributed by atoms with Crippen molar-refractivity contribution < 1.29 is 9.30 Å². The van der Waals surface area contributed by atoms with Crippen molar-refractivity contribution in [2.24, 2.45) is 0 Å². The predicted octanol–water partition coefficient (Wildman–Crippen LogP) is 1.13. The zero-order valence-corrected chi connectivity index (χ0v) is 7.60. The van der Waals surface area contributed by atoms with Crippen molar-refractivity contribution in [3.63, 3.8) is 0 Å². The van der Waals surface area contributed by atoms with Crippen molar-refractivity contribution in [2.75, 3.05) is 7.11 Å². The summed E-state index contributed by atoms with van der Waals surface area (Å²) < 4.78 is 9.20. The van der Waals surface area contributed by atoms with Crippen molar-refractivity contribution in [3.05, 3.63) is 31.4 Å². The Kier molecular flexibility index (Phi) is 3.05. The summed E-state index contributed by atoms with van der Waals surface area (Å²) in [5.74, 6) is 0. The molecule has 0 N–H and O–H groups in total. The molecule has 3 heteroatoms. The maximum Gasteiger partial charge on any atom is 0.246 e. The van der Waals surface area contributed by atoms with E-state index in [9.17, 15) is 0 Å². The monoisotopic (exact) mass is 167 g/mol. The SMILES string of the molecule is C=CC[n+]1ccn([C@@H](C)OC)c1. The van der Waals surface area contributed by atoms with E-state index < -0.39 is 0 Å². The number of aromatic nitrogens is 2. The van der Waals surface area contributed by atoms with Crippen LogP contribution in [0, 0.1) is 0 Å². The van der Waals surface area contributed by atoms with Crippen LogP contribution in [0.25, 0.3) is 0 Å². The van der Waals surface area contributed by atoms with E-state index in [0.717, 1.165) is 6.54 Å². The van der Waals surface area contributed by atoms with Gasteiger partial charge < -0.3 is 4.74 Å². The lowest BCUT2D eigenvalue weighted by Gasteiger charge is -2.03. The highest BCUT2D eigenvalue weighted by Crippen LogP contribution is 2.02. The summed E-state index contributed by atoms with van der Waals surface area (Å²) in [5.41, 5.74) is 0. The fourth-order valence-corrected chi connectivity index (χ4v) is 1.00. The third kappa shape index (κ3) is 1.95. The van der Waals surface area contributed by atoms with Gasteiger partial charge >= 0.3 is 0 Å². The van der Waals surface area contributed by atoms with Gasteiger partial charge in [-0.3, -0.25) is 0 Å². The predicted molar refractivity (Wildman–Crippen MR) is 46.5 cm³/mol. The van der Waals surface area contributed by atoms with E-state index in [1.807, 2.05) is 40.9 Å². The highest BCUT2D eigenvalue weighted by Gasteiger charge is 2.08. The Balaban J connectivity index is 2.69. The van der Waals surface area contributed by atoms with Crippen molar-refractivity contribution in [2.45, 2.75) is 19.7 Å². The molecule has 0 aromatic carbocycles. The minimum atomic E-state index is 0.0936. The number of imidazole rings is 1. The Morgan fingerprint density at radius 2 is 2.50 bits per heavy atom. The van der Waals surface area contributed by atoms with Gasteiger partial charge in [-0.05, 0) is 0 Å². The quantitative estimate of drug-likeness (QED) is 0.485. The molecule has 1 atom stereocenters. The van der Waals surface area contributed by atoms with E-state index in [-0.39, 0.29) is 6.23 Å². The molecule has 0 aliphatic heterocycles. The molecule has 66 valence electrons. The van der Waals surface area contributed by atoms with Gasteiger partial charge in [-0.25, -0.2) is 9.13 Å². The van der Waals surface area contributed by atoms with Gasteiger partial charge in [-0.15, -0.1) is 0 Å². The van der Waals surface area contributed by atoms with Crippen LogP contribution in [0.3, 0.4) is 0 Å². The van der Waals surface area contributed by atoms with Gasteiger partial charge in [0.2, 0.25) is 6.33 Å². The summed E-state index contributed by atoms with van der Waals surface area (Å²) in [7, 11) is 1.70. The molecule has 3 nitrogen and oxygen atoms in total. The minimum absolute atomic E-state index is 0.0936. The van der Waals surface area contributed by atoms with E-state index in [4.69, 9.17) is 4.74 Å². The highest BCUT2D eigenvalue weighted by molar-refractivity contribution is 4.69. The number of hydrogen-bond donors (Lipinski definition) is 0. The first-order chi connectivity index (χ1) is 5.77. The van der Waals surface area contributed by atoms with Crippen LogP contribution in [0.1, 0.15) is 13.2 Å². The second-order valence-electron chi connectivity index (χ2n) is 2.68. The minimum Gasteiger partial charge on any atom is -0.343 e. The van der Waals surface area contributed by atoms with Crippen LogP contribution >= 0.6 is 0 Å². The van der Waals surface area contributed by atoms with Crippen molar-refractivity contribution >= 4 is 0 Å². The molecule has 12 heavy (non-hydrogen) atoms. The molecule has 0 spiro atoms. The fourth-order valence-electron chi connectivity index (χ4n) is 1.00. The second kappa shape index (κ2) is 4.07. The van der Waals surface area contributed by atoms with Crippen LogP contribution in [0.4, 0.5) is 0 Å². The average molecular weight is 167 g/mol. The number of nitrogens with zero attached hydrogens (tertiary/aromatic N) is 2. The van der Waals surface area contributed by atoms with Crippen molar-refractivity contribution in [1.82, 2.24) is 4.57 Å². The van der Waals surface area contributed by atoms with Gasteiger partial charge in [-0.1, -0.05) is 12.7 Å². The van der Waals surface area contributed by atoms with Crippen LogP contribution in [0.2, 0.25) is 0 Å². The summed E-state index contributed by atoms with van der Waals surface area (Å²) >= 11 is 0. The first-order valence-electron chi connectivity index (χ1n) is 3.98. The molecule has 1 aromatic rings. The topological polar surface area (TPSA) is 18.0 Å². The van der Waals surface area contributed by atoms with Gasteiger partial charge in [0.15, 0.2) is 6.23 Å². The van der Waals surface area contributed by atoms with Crippen molar-refractivity contribution in [1.29, 1.82) is 0 Å². The van der Waals surface area contributed by atoms with Crippen LogP contribution in [-0.2, 0) is 11.3 Å². The molecular weight excluding hydrogens is 152 g/mol. The van der Waals surface area contributed by atoms with Gasteiger partial charge in [-0.2, -0.15) is 0 Å². The summed E-state index contributed by atoms with van der Waals surface area (Å²) in [4.78, 5) is 0. The summed E-state index contributed by atoms with van der Waals surface area (Å²) in [6.45, 7) is 6.50. The zero-order chi connectivity index (χ0) is 8.97. The average Bonchev–Trinajstić information content (AvgIpc) is 2.52. The Bertz CT molecular complexity index is 255. The Labute approximate surface area is 72.9 Å². The molecule has 0 aliphatic carbocycles. The molecule has 1 aromatic heterocycles. The summed E-state index contributed by atoms with van der Waals surface area (Å²) in [6.07, 6.45) is 7.93. The number of rotatable bonds is 4. The molecule has 0 saturated heterocycles. The number of allylic oxidation sites excluding steroid dienone is 1. The van der Waals surface area contributed by atoms with Crippen LogP contribution in [-0.4, -0.2) is 11.7 Å². The Hall–Kier alpha value is -1.09. The maximum absolute atomic E-state index is 5.15. The van der Waals surface area contributed by atoms with E-state index in [2.05, 4.69) is 6.58 Å². The number of methoxy groups -OCH3 is 1. The molecule has 0 aliphatic rings. The van der Waals surface area contributed by atoms with Gasteiger partial charge in [0, 0.05) is 14.0 Å². The summed E-state index contributed by atoms with van der Waals surface area (Å²) in [5, 5.41) is 0. The molecule has 0 amide bonds. The molecule has 0 unspecified atom stereocenters. The van der Waals surface area contributed by atoms with E-state index in [1.54, 1.807) is 7.11 Å². The highest BCUT2D eigenvalue weighted by atomic mass is 16.5. The van der Waals surface area contributed by atoms with Crippen molar-refractivity contribution in [3.8, 4) is 0 Å². The van der Waals surface area contributed by atoms with E-state index in [1.165, 1.54) is 0 Å². The molecule has 0 saturated carbocycles. The lowest BCUT2D eigenvalue weighted by Crippen LogP contribution is -2.29. The van der Waals surface area contributed by atoms with E-state index >= 15 is 0 Å². The fraction of sp³-hybridized carbons (Fsp3) is 0.444. The third-order valence-corrected chi connectivity index (χ3v) is 1.81. The zero-order valence-electron chi connectivity index (χ0n) is 7.60. The maximum atomic E-state index is 5.15. The molecule has 1 heterocycles. The molecule has 0 radical (unpaired) electrons. The van der Waals surface area contributed by atoms with E-state index in [0.29, 0.717) is 0 Å². The van der Waals surface area contributed by atoms with Crippen LogP contribution < -0.4 is 4.57 Å². The molecule has 0 fully saturated rings. The molecular formula is C9H15N2O+. The number of hydrogen-bond acceptors (Lipinski definition) is 1. The Morgan fingerprint density at radius 1 is 1.75 bits per heavy atom.